The number of rotatable bonds is 6. The number of thiazole rings is 1. The number of nitrogens with zero attached hydrogens (tertiary/aromatic N) is 2. The summed E-state index contributed by atoms with van der Waals surface area (Å²) in [5, 5.41) is 21.4. The smallest absolute Gasteiger partial charge is 0.311 e. The second kappa shape index (κ2) is 9.72. The Kier molecular flexibility index (Phi) is 6.57. The van der Waals surface area contributed by atoms with Crippen LogP contribution in [-0.2, 0) is 0 Å². The molecule has 0 aliphatic heterocycles. The lowest BCUT2D eigenvalue weighted by atomic mass is 10.1. The zero-order chi connectivity index (χ0) is 23.4. The van der Waals surface area contributed by atoms with E-state index in [4.69, 9.17) is 17.0 Å². The summed E-state index contributed by atoms with van der Waals surface area (Å²) in [5.74, 6) is -0.478. The number of ether oxygens (including phenoxy) is 1. The third-order valence-corrected chi connectivity index (χ3v) is 5.68. The van der Waals surface area contributed by atoms with Gasteiger partial charge < -0.3 is 10.1 Å². The summed E-state index contributed by atoms with van der Waals surface area (Å²) < 4.78 is 5.24. The Labute approximate surface area is 198 Å². The molecule has 0 aliphatic carbocycles. The summed E-state index contributed by atoms with van der Waals surface area (Å²) in [7, 11) is 0. The molecule has 0 atom stereocenters. The lowest BCUT2D eigenvalue weighted by Crippen LogP contribution is -2.34. The number of nitrogens with one attached hydrogen (secondary N) is 2. The molecule has 4 aromatic rings. The maximum Gasteiger partial charge on any atom is 0.311 e. The van der Waals surface area contributed by atoms with Gasteiger partial charge in [-0.1, -0.05) is 36.4 Å². The van der Waals surface area contributed by atoms with Gasteiger partial charge in [0.1, 0.15) is 0 Å². The number of hydrogen-bond donors (Lipinski definition) is 2. The first-order chi connectivity index (χ1) is 15.9. The maximum atomic E-state index is 12.5. The molecule has 0 saturated heterocycles. The lowest BCUT2D eigenvalue weighted by Gasteiger charge is -2.09. The Bertz CT molecular complexity index is 1370. The Hall–Kier alpha value is -3.89. The predicted molar refractivity (Wildman–Crippen MR) is 133 cm³/mol. The van der Waals surface area contributed by atoms with Crippen LogP contribution in [0.5, 0.6) is 5.75 Å². The van der Waals surface area contributed by atoms with Crippen molar-refractivity contribution in [2.75, 3.05) is 11.9 Å². The summed E-state index contributed by atoms with van der Waals surface area (Å²) >= 11 is 6.57. The number of aromatic nitrogens is 1. The van der Waals surface area contributed by atoms with Crippen LogP contribution in [0.1, 0.15) is 17.3 Å². The molecule has 1 aromatic heterocycles. The minimum Gasteiger partial charge on any atom is -0.487 e. The van der Waals surface area contributed by atoms with E-state index in [-0.39, 0.29) is 28.7 Å². The molecule has 0 bridgehead atoms. The minimum absolute atomic E-state index is 0.0379. The van der Waals surface area contributed by atoms with E-state index in [9.17, 15) is 14.9 Å². The number of benzene rings is 3. The molecule has 8 nitrogen and oxygen atoms in total. The van der Waals surface area contributed by atoms with Gasteiger partial charge >= 0.3 is 5.69 Å². The summed E-state index contributed by atoms with van der Waals surface area (Å²) in [6, 6.07) is 18.2. The van der Waals surface area contributed by atoms with E-state index in [2.05, 4.69) is 21.7 Å². The number of carbonyl (C=O) groups excluding carboxylic acids is 1. The molecular formula is C23H18N4O4S2. The average molecular weight is 479 g/mol. The van der Waals surface area contributed by atoms with Gasteiger partial charge in [0, 0.05) is 22.6 Å². The molecule has 2 N–H and O–H groups in total. The van der Waals surface area contributed by atoms with Crippen LogP contribution in [0, 0.1) is 10.1 Å². The highest BCUT2D eigenvalue weighted by molar-refractivity contribution is 7.80. The lowest BCUT2D eigenvalue weighted by molar-refractivity contribution is -0.385. The van der Waals surface area contributed by atoms with Crippen molar-refractivity contribution in [2.45, 2.75) is 6.92 Å². The van der Waals surface area contributed by atoms with E-state index in [1.165, 1.54) is 23.5 Å². The number of anilines is 1. The molecule has 166 valence electrons. The Morgan fingerprint density at radius 1 is 1.15 bits per heavy atom. The van der Waals surface area contributed by atoms with Gasteiger partial charge in [-0.15, -0.1) is 11.3 Å². The second-order valence-electron chi connectivity index (χ2n) is 6.88. The minimum atomic E-state index is -0.595. The third kappa shape index (κ3) is 5.13. The van der Waals surface area contributed by atoms with Crippen molar-refractivity contribution < 1.29 is 14.5 Å². The van der Waals surface area contributed by atoms with Crippen LogP contribution in [0.2, 0.25) is 0 Å². The first kappa shape index (κ1) is 22.3. The first-order valence-electron chi connectivity index (χ1n) is 9.93. The molecule has 3 aromatic carbocycles. The van der Waals surface area contributed by atoms with Gasteiger partial charge in [0.2, 0.25) is 0 Å². The van der Waals surface area contributed by atoms with E-state index >= 15 is 0 Å². The van der Waals surface area contributed by atoms with Crippen LogP contribution >= 0.6 is 23.6 Å². The monoisotopic (exact) mass is 478 g/mol. The van der Waals surface area contributed by atoms with Gasteiger partial charge in [-0.3, -0.25) is 20.2 Å². The van der Waals surface area contributed by atoms with Crippen molar-refractivity contribution in [1.82, 2.24) is 10.3 Å². The number of thiocarbonyl (C=S) groups is 1. The van der Waals surface area contributed by atoms with Crippen molar-refractivity contribution in [3.8, 4) is 17.0 Å². The van der Waals surface area contributed by atoms with Crippen LogP contribution in [0.4, 0.5) is 10.8 Å². The molecule has 1 heterocycles. The van der Waals surface area contributed by atoms with Crippen LogP contribution in [0.25, 0.3) is 22.0 Å². The summed E-state index contributed by atoms with van der Waals surface area (Å²) in [5.41, 5.74) is 1.55. The van der Waals surface area contributed by atoms with Gasteiger partial charge in [-0.25, -0.2) is 4.98 Å². The van der Waals surface area contributed by atoms with Gasteiger partial charge in [-0.2, -0.15) is 0 Å². The van der Waals surface area contributed by atoms with Crippen LogP contribution in [0.3, 0.4) is 0 Å². The third-order valence-electron chi connectivity index (χ3n) is 4.71. The fourth-order valence-corrected chi connectivity index (χ4v) is 4.17. The number of carbonyl (C=O) groups is 1. The molecule has 33 heavy (non-hydrogen) atoms. The highest BCUT2D eigenvalue weighted by atomic mass is 32.1. The summed E-state index contributed by atoms with van der Waals surface area (Å²) in [6.07, 6.45) is 0. The van der Waals surface area contributed by atoms with E-state index in [1.807, 2.05) is 41.8 Å². The van der Waals surface area contributed by atoms with Crippen molar-refractivity contribution in [2.24, 2.45) is 0 Å². The molecule has 1 amide bonds. The molecule has 0 unspecified atom stereocenters. The molecular weight excluding hydrogens is 460 g/mol. The standard InChI is InChI=1S/C23H18N4O4S2/c1-2-31-20-10-9-17(12-19(20)27(29)30)21(28)25-22(32)26-23-24-18(13-33-23)16-8-7-14-5-3-4-6-15(14)11-16/h3-13H,2H2,1H3,(H2,24,25,26,28,32). The molecule has 0 fully saturated rings. The zero-order valence-corrected chi connectivity index (χ0v) is 19.0. The van der Waals surface area contributed by atoms with Crippen molar-refractivity contribution in [3.63, 3.8) is 0 Å². The van der Waals surface area contributed by atoms with Gasteiger partial charge in [0.25, 0.3) is 5.91 Å². The Balaban J connectivity index is 1.44. The zero-order valence-electron chi connectivity index (χ0n) is 17.4. The first-order valence-corrected chi connectivity index (χ1v) is 11.2. The number of amides is 1. The number of hydrogen-bond acceptors (Lipinski definition) is 7. The van der Waals surface area contributed by atoms with Gasteiger partial charge in [0.05, 0.1) is 17.2 Å². The molecule has 10 heteroatoms. The molecule has 4 rings (SSSR count). The largest absolute Gasteiger partial charge is 0.487 e. The van der Waals surface area contributed by atoms with E-state index < -0.39 is 10.8 Å². The Morgan fingerprint density at radius 2 is 1.94 bits per heavy atom. The highest BCUT2D eigenvalue weighted by Crippen LogP contribution is 2.29. The second-order valence-corrected chi connectivity index (χ2v) is 8.15. The van der Waals surface area contributed by atoms with Crippen molar-refractivity contribution >= 4 is 56.2 Å². The molecule has 0 saturated carbocycles. The molecule has 0 radical (unpaired) electrons. The normalized spacial score (nSPS) is 10.6. The van der Waals surface area contributed by atoms with Crippen molar-refractivity contribution in [1.29, 1.82) is 0 Å². The average Bonchev–Trinajstić information content (AvgIpc) is 3.27. The highest BCUT2D eigenvalue weighted by Gasteiger charge is 2.19. The molecule has 0 spiro atoms. The van der Waals surface area contributed by atoms with Gasteiger partial charge in [-0.05, 0) is 48.1 Å². The van der Waals surface area contributed by atoms with Crippen molar-refractivity contribution in [3.05, 3.63) is 81.7 Å². The summed E-state index contributed by atoms with van der Waals surface area (Å²) in [6.45, 7) is 1.99. The quantitative estimate of drug-likeness (QED) is 0.217. The van der Waals surface area contributed by atoms with Crippen LogP contribution in [0.15, 0.2) is 66.0 Å². The van der Waals surface area contributed by atoms with E-state index in [0.717, 1.165) is 28.1 Å². The van der Waals surface area contributed by atoms with Gasteiger partial charge in [0.15, 0.2) is 16.0 Å². The summed E-state index contributed by atoms with van der Waals surface area (Å²) in [4.78, 5) is 27.7. The topological polar surface area (TPSA) is 106 Å². The maximum absolute atomic E-state index is 12.5. The number of nitro groups is 1. The fourth-order valence-electron chi connectivity index (χ4n) is 3.19. The van der Waals surface area contributed by atoms with E-state index in [1.54, 1.807) is 6.92 Å². The molecule has 0 aliphatic rings. The SMILES string of the molecule is CCOc1ccc(C(=O)NC(=S)Nc2nc(-c3ccc4ccccc4c3)cs2)cc1[N+](=O)[O-]. The van der Waals surface area contributed by atoms with Crippen LogP contribution in [-0.4, -0.2) is 27.5 Å². The predicted octanol–water partition coefficient (Wildman–Crippen LogP) is 5.40. The van der Waals surface area contributed by atoms with Crippen LogP contribution < -0.4 is 15.4 Å². The Morgan fingerprint density at radius 3 is 2.70 bits per heavy atom. The fraction of sp³-hybridized carbons (Fsp3) is 0.0870. The number of nitro benzene ring substituents is 1. The van der Waals surface area contributed by atoms with E-state index in [0.29, 0.717) is 5.13 Å². The number of fused-ring (bicyclic) bond motifs is 1.